The van der Waals surface area contributed by atoms with Crippen molar-refractivity contribution in [2.45, 2.75) is 19.8 Å². The van der Waals surface area contributed by atoms with E-state index >= 15 is 0 Å². The number of carbonyl (C=O) groups is 1. The lowest BCUT2D eigenvalue weighted by Gasteiger charge is -2.26. The van der Waals surface area contributed by atoms with E-state index in [0.717, 1.165) is 18.6 Å². The number of ether oxygens (including phenoxy) is 2. The molecule has 1 aliphatic heterocycles. The minimum Gasteiger partial charge on any atom is -0.450 e. The van der Waals surface area contributed by atoms with Crippen LogP contribution in [0.4, 0.5) is 4.79 Å². The number of methoxy groups -OCH3 is 1. The van der Waals surface area contributed by atoms with E-state index in [9.17, 15) is 4.79 Å². The van der Waals surface area contributed by atoms with Gasteiger partial charge in [-0.05, 0) is 19.1 Å². The molecule has 0 radical (unpaired) electrons. The minimum atomic E-state index is -0.253. The van der Waals surface area contributed by atoms with Crippen LogP contribution in [0.3, 0.4) is 0 Å². The lowest BCUT2D eigenvalue weighted by Crippen LogP contribution is -2.40. The van der Waals surface area contributed by atoms with Crippen LogP contribution in [0.5, 0.6) is 0 Å². The summed E-state index contributed by atoms with van der Waals surface area (Å²) < 4.78 is 9.86. The summed E-state index contributed by atoms with van der Waals surface area (Å²) in [6.07, 6.45) is 1.20. The molecule has 0 atom stereocenters. The molecule has 0 aromatic heterocycles. The van der Waals surface area contributed by atoms with Crippen LogP contribution < -0.4 is 10.7 Å². The Morgan fingerprint density at radius 1 is 1.45 bits per heavy atom. The first kappa shape index (κ1) is 16.6. The first-order chi connectivity index (χ1) is 9.67. The van der Waals surface area contributed by atoms with Crippen LogP contribution in [0.15, 0.2) is 5.10 Å². The molecule has 0 aliphatic carbocycles. The van der Waals surface area contributed by atoms with E-state index in [-0.39, 0.29) is 6.09 Å². The zero-order valence-electron chi connectivity index (χ0n) is 12.0. The number of nitrogens with one attached hydrogen (secondary N) is 2. The quantitative estimate of drug-likeness (QED) is 0.442. The molecule has 0 aromatic carbocycles. The molecule has 8 heteroatoms. The third kappa shape index (κ3) is 6.16. The molecular formula is C12H22N4O3S. The molecule has 1 rings (SSSR count). The van der Waals surface area contributed by atoms with Crippen molar-refractivity contribution in [2.75, 3.05) is 40.0 Å². The van der Waals surface area contributed by atoms with E-state index in [2.05, 4.69) is 15.8 Å². The number of hydrogen-bond acceptors (Lipinski definition) is 5. The molecule has 0 bridgehead atoms. The molecule has 1 saturated heterocycles. The average molecular weight is 302 g/mol. The number of carbonyl (C=O) groups excluding carboxylic acids is 1. The first-order valence-corrected chi connectivity index (χ1v) is 7.08. The molecule has 20 heavy (non-hydrogen) atoms. The molecule has 0 aromatic rings. The Balaban J connectivity index is 2.25. The molecule has 7 nitrogen and oxygen atoms in total. The van der Waals surface area contributed by atoms with Gasteiger partial charge in [-0.15, -0.1) is 0 Å². The van der Waals surface area contributed by atoms with Crippen molar-refractivity contribution in [3.63, 3.8) is 0 Å². The largest absolute Gasteiger partial charge is 0.450 e. The Morgan fingerprint density at radius 2 is 2.15 bits per heavy atom. The summed E-state index contributed by atoms with van der Waals surface area (Å²) in [4.78, 5) is 13.2. The molecule has 1 amide bonds. The number of likely N-dealkylation sites (tertiary alicyclic amines) is 1. The van der Waals surface area contributed by atoms with Crippen molar-refractivity contribution < 1.29 is 14.3 Å². The van der Waals surface area contributed by atoms with Crippen molar-refractivity contribution in [1.29, 1.82) is 0 Å². The average Bonchev–Trinajstić information content (AvgIpc) is 2.46. The summed E-state index contributed by atoms with van der Waals surface area (Å²) in [7, 11) is 1.63. The summed E-state index contributed by atoms with van der Waals surface area (Å²) >= 11 is 5.07. The second kappa shape index (κ2) is 9.49. The summed E-state index contributed by atoms with van der Waals surface area (Å²) in [5.74, 6) is 0. The van der Waals surface area contributed by atoms with Gasteiger partial charge in [0.1, 0.15) is 0 Å². The summed E-state index contributed by atoms with van der Waals surface area (Å²) in [6, 6.07) is 0. The van der Waals surface area contributed by atoms with E-state index in [0.29, 0.717) is 38.0 Å². The molecular weight excluding hydrogens is 280 g/mol. The molecule has 0 unspecified atom stereocenters. The Hall–Kier alpha value is -1.41. The summed E-state index contributed by atoms with van der Waals surface area (Å²) in [6.45, 7) is 4.69. The Bertz CT molecular complexity index is 353. The first-order valence-electron chi connectivity index (χ1n) is 6.67. The maximum absolute atomic E-state index is 11.5. The number of piperidine rings is 1. The van der Waals surface area contributed by atoms with E-state index in [1.807, 2.05) is 0 Å². The molecule has 1 fully saturated rings. The van der Waals surface area contributed by atoms with Gasteiger partial charge in [0.25, 0.3) is 0 Å². The second-order valence-corrected chi connectivity index (χ2v) is 4.63. The monoisotopic (exact) mass is 302 g/mol. The molecule has 0 saturated carbocycles. The Morgan fingerprint density at radius 3 is 2.75 bits per heavy atom. The van der Waals surface area contributed by atoms with Crippen molar-refractivity contribution >= 4 is 29.1 Å². The maximum Gasteiger partial charge on any atom is 0.409 e. The number of rotatable bonds is 5. The lowest BCUT2D eigenvalue weighted by atomic mass is 10.1. The van der Waals surface area contributed by atoms with Crippen LogP contribution in [0.2, 0.25) is 0 Å². The number of nitrogens with zero attached hydrogens (tertiary/aromatic N) is 2. The fraction of sp³-hybridized carbons (Fsp3) is 0.750. The normalized spacial score (nSPS) is 14.7. The predicted octanol–water partition coefficient (Wildman–Crippen LogP) is 0.705. The van der Waals surface area contributed by atoms with Crippen LogP contribution in [-0.2, 0) is 9.47 Å². The lowest BCUT2D eigenvalue weighted by molar-refractivity contribution is 0.107. The van der Waals surface area contributed by atoms with Crippen molar-refractivity contribution in [3.05, 3.63) is 0 Å². The van der Waals surface area contributed by atoms with Crippen LogP contribution >= 0.6 is 12.2 Å². The van der Waals surface area contributed by atoms with Gasteiger partial charge in [-0.1, -0.05) is 0 Å². The fourth-order valence-corrected chi connectivity index (χ4v) is 1.86. The van der Waals surface area contributed by atoms with Gasteiger partial charge < -0.3 is 19.7 Å². The smallest absolute Gasteiger partial charge is 0.409 e. The summed E-state index contributed by atoms with van der Waals surface area (Å²) in [5.41, 5.74) is 3.80. The van der Waals surface area contributed by atoms with Gasteiger partial charge in [0.05, 0.1) is 13.2 Å². The third-order valence-electron chi connectivity index (χ3n) is 2.77. The highest BCUT2D eigenvalue weighted by atomic mass is 32.1. The maximum atomic E-state index is 11.5. The van der Waals surface area contributed by atoms with Crippen LogP contribution in [-0.4, -0.2) is 61.8 Å². The van der Waals surface area contributed by atoms with Crippen molar-refractivity contribution in [3.8, 4) is 0 Å². The van der Waals surface area contributed by atoms with Gasteiger partial charge in [-0.2, -0.15) is 5.10 Å². The zero-order chi connectivity index (χ0) is 14.8. The molecule has 1 aliphatic rings. The fourth-order valence-electron chi connectivity index (χ4n) is 1.71. The number of hydrogen-bond donors (Lipinski definition) is 2. The van der Waals surface area contributed by atoms with Gasteiger partial charge >= 0.3 is 6.09 Å². The van der Waals surface area contributed by atoms with Gasteiger partial charge in [0.2, 0.25) is 0 Å². The SMILES string of the molecule is CCOC(=O)N1CCC(=NNC(=S)NCCOC)CC1. The molecule has 1 heterocycles. The van der Waals surface area contributed by atoms with E-state index in [1.165, 1.54) is 0 Å². The highest BCUT2D eigenvalue weighted by molar-refractivity contribution is 7.80. The topological polar surface area (TPSA) is 75.2 Å². The van der Waals surface area contributed by atoms with E-state index in [1.54, 1.807) is 18.9 Å². The van der Waals surface area contributed by atoms with Crippen molar-refractivity contribution in [1.82, 2.24) is 15.6 Å². The standard InChI is InChI=1S/C12H22N4O3S/c1-3-19-12(17)16-7-4-10(5-8-16)14-15-11(20)13-6-9-18-2/h3-9H2,1-2H3,(H2,13,15,20). The number of thiocarbonyl (C=S) groups is 1. The number of hydrazone groups is 1. The second-order valence-electron chi connectivity index (χ2n) is 4.22. The Kier molecular flexibility index (Phi) is 7.89. The van der Waals surface area contributed by atoms with Crippen LogP contribution in [0.1, 0.15) is 19.8 Å². The third-order valence-corrected chi connectivity index (χ3v) is 3.01. The summed E-state index contributed by atoms with van der Waals surface area (Å²) in [5, 5.41) is 7.69. The van der Waals surface area contributed by atoms with E-state index < -0.39 is 0 Å². The molecule has 0 spiro atoms. The van der Waals surface area contributed by atoms with Gasteiger partial charge in [-0.3, -0.25) is 5.43 Å². The van der Waals surface area contributed by atoms with E-state index in [4.69, 9.17) is 21.7 Å². The molecule has 114 valence electrons. The van der Waals surface area contributed by atoms with Gasteiger partial charge in [0, 0.05) is 45.3 Å². The molecule has 2 N–H and O–H groups in total. The van der Waals surface area contributed by atoms with Crippen LogP contribution in [0.25, 0.3) is 0 Å². The highest BCUT2D eigenvalue weighted by Gasteiger charge is 2.20. The van der Waals surface area contributed by atoms with Crippen molar-refractivity contribution in [2.24, 2.45) is 5.10 Å². The van der Waals surface area contributed by atoms with Gasteiger partial charge in [-0.25, -0.2) is 4.79 Å². The van der Waals surface area contributed by atoms with Gasteiger partial charge in [0.15, 0.2) is 5.11 Å². The number of amides is 1. The zero-order valence-corrected chi connectivity index (χ0v) is 12.8. The highest BCUT2D eigenvalue weighted by Crippen LogP contribution is 2.08. The van der Waals surface area contributed by atoms with Crippen LogP contribution in [0, 0.1) is 0 Å². The predicted molar refractivity (Wildman–Crippen MR) is 80.9 cm³/mol. The Labute approximate surface area is 124 Å². The minimum absolute atomic E-state index is 0.253.